The number of hydrogen-bond donors (Lipinski definition) is 1. The monoisotopic (exact) mass is 263 g/mol. The Labute approximate surface area is 96.0 Å². The summed E-state index contributed by atoms with van der Waals surface area (Å²) in [5.74, 6) is 0.105. The highest BCUT2D eigenvalue weighted by Gasteiger charge is 2.13. The Morgan fingerprint density at radius 3 is 2.43 bits per heavy atom. The lowest BCUT2D eigenvalue weighted by Crippen LogP contribution is -2.38. The second-order valence-corrected chi connectivity index (χ2v) is 5.10. The molecule has 0 aliphatic heterocycles. The zero-order chi connectivity index (χ0) is 11.0. The third-order valence-corrected chi connectivity index (χ3v) is 2.77. The molecule has 2 atom stereocenters. The van der Waals surface area contributed by atoms with Crippen LogP contribution in [0.25, 0.3) is 0 Å². The first kappa shape index (κ1) is 13.9. The quantitative estimate of drug-likeness (QED) is 0.555. The molecule has 0 radical (unpaired) electrons. The van der Waals surface area contributed by atoms with Crippen molar-refractivity contribution in [2.24, 2.45) is 0 Å². The number of carbonyl (C=O) groups is 1. The normalized spacial score (nSPS) is 14.9. The number of halogens is 1. The molecular weight excluding hydrogens is 242 g/mol. The number of nitrogens with one attached hydrogen (secondary N) is 1. The molecule has 0 heterocycles. The van der Waals surface area contributed by atoms with Gasteiger partial charge in [-0.25, -0.2) is 0 Å². The topological polar surface area (TPSA) is 29.1 Å². The molecule has 1 amide bonds. The molecule has 0 aromatic rings. The highest BCUT2D eigenvalue weighted by molar-refractivity contribution is 9.10. The summed E-state index contributed by atoms with van der Waals surface area (Å²) in [4.78, 5) is 11.3. The molecule has 0 aliphatic rings. The molecule has 0 rings (SSSR count). The Morgan fingerprint density at radius 1 is 1.36 bits per heavy atom. The average Bonchev–Trinajstić information content (AvgIpc) is 2.16. The largest absolute Gasteiger partial charge is 0.352 e. The van der Waals surface area contributed by atoms with Crippen molar-refractivity contribution in [2.45, 2.75) is 63.7 Å². The fourth-order valence-electron chi connectivity index (χ4n) is 1.34. The predicted molar refractivity (Wildman–Crippen MR) is 64.8 cm³/mol. The first-order chi connectivity index (χ1) is 6.61. The van der Waals surface area contributed by atoms with E-state index >= 15 is 0 Å². The van der Waals surface area contributed by atoms with Gasteiger partial charge >= 0.3 is 0 Å². The Hall–Kier alpha value is -0.0500. The second kappa shape index (κ2) is 8.27. The summed E-state index contributed by atoms with van der Waals surface area (Å²) in [5, 5.41) is 3.04. The van der Waals surface area contributed by atoms with Crippen LogP contribution >= 0.6 is 15.9 Å². The van der Waals surface area contributed by atoms with Crippen molar-refractivity contribution in [3.63, 3.8) is 0 Å². The van der Waals surface area contributed by atoms with E-state index in [4.69, 9.17) is 0 Å². The van der Waals surface area contributed by atoms with Gasteiger partial charge in [-0.3, -0.25) is 4.79 Å². The van der Waals surface area contributed by atoms with Gasteiger partial charge in [0.05, 0.1) is 4.83 Å². The molecule has 0 aromatic heterocycles. The van der Waals surface area contributed by atoms with E-state index in [0.717, 1.165) is 12.8 Å². The van der Waals surface area contributed by atoms with Crippen molar-refractivity contribution in [1.29, 1.82) is 0 Å². The summed E-state index contributed by atoms with van der Waals surface area (Å²) in [5.41, 5.74) is 0. The summed E-state index contributed by atoms with van der Waals surface area (Å²) in [6.07, 6.45) is 5.84. The minimum atomic E-state index is -0.0808. The van der Waals surface area contributed by atoms with Gasteiger partial charge in [0.15, 0.2) is 0 Å². The van der Waals surface area contributed by atoms with Gasteiger partial charge in [-0.2, -0.15) is 0 Å². The van der Waals surface area contributed by atoms with Crippen LogP contribution in [0.3, 0.4) is 0 Å². The lowest BCUT2D eigenvalue weighted by Gasteiger charge is -2.17. The summed E-state index contributed by atoms with van der Waals surface area (Å²) in [7, 11) is 0. The minimum Gasteiger partial charge on any atom is -0.352 e. The van der Waals surface area contributed by atoms with Crippen LogP contribution < -0.4 is 5.32 Å². The van der Waals surface area contributed by atoms with Gasteiger partial charge in [-0.15, -0.1) is 0 Å². The smallest absolute Gasteiger partial charge is 0.233 e. The summed E-state index contributed by atoms with van der Waals surface area (Å²) in [6, 6.07) is 0.356. The standard InChI is InChI=1S/C11H22BrNO/c1-4-6-7-8-10(5-2)13-11(14)9(3)12/h9-10H,4-8H2,1-3H3,(H,13,14). The van der Waals surface area contributed by atoms with Crippen molar-refractivity contribution in [2.75, 3.05) is 0 Å². The van der Waals surface area contributed by atoms with E-state index in [2.05, 4.69) is 35.1 Å². The van der Waals surface area contributed by atoms with Crippen LogP contribution in [-0.2, 0) is 4.79 Å². The van der Waals surface area contributed by atoms with E-state index in [1.54, 1.807) is 0 Å². The van der Waals surface area contributed by atoms with Gasteiger partial charge in [-0.1, -0.05) is 49.0 Å². The number of rotatable bonds is 7. The van der Waals surface area contributed by atoms with Crippen LogP contribution in [0.5, 0.6) is 0 Å². The molecule has 84 valence electrons. The van der Waals surface area contributed by atoms with Gasteiger partial charge in [0, 0.05) is 6.04 Å². The Bertz CT molecular complexity index is 159. The zero-order valence-corrected chi connectivity index (χ0v) is 11.1. The van der Waals surface area contributed by atoms with Crippen molar-refractivity contribution in [3.8, 4) is 0 Å². The van der Waals surface area contributed by atoms with Gasteiger partial charge in [0.25, 0.3) is 0 Å². The summed E-state index contributed by atoms with van der Waals surface area (Å²) >= 11 is 3.27. The fraction of sp³-hybridized carbons (Fsp3) is 0.909. The van der Waals surface area contributed by atoms with Crippen LogP contribution in [0, 0.1) is 0 Å². The van der Waals surface area contributed by atoms with Crippen molar-refractivity contribution < 1.29 is 4.79 Å². The number of unbranched alkanes of at least 4 members (excludes halogenated alkanes) is 2. The molecule has 2 unspecified atom stereocenters. The Morgan fingerprint density at radius 2 is 2.00 bits per heavy atom. The maximum Gasteiger partial charge on any atom is 0.233 e. The van der Waals surface area contributed by atoms with Crippen LogP contribution in [0.4, 0.5) is 0 Å². The SMILES string of the molecule is CCCCCC(CC)NC(=O)C(C)Br. The first-order valence-corrected chi connectivity index (χ1v) is 6.47. The maximum atomic E-state index is 11.4. The summed E-state index contributed by atoms with van der Waals surface area (Å²) in [6.45, 7) is 6.17. The molecule has 0 aliphatic carbocycles. The lowest BCUT2D eigenvalue weighted by atomic mass is 10.1. The summed E-state index contributed by atoms with van der Waals surface area (Å²) < 4.78 is 0. The predicted octanol–water partition coefficient (Wildman–Crippen LogP) is 3.24. The zero-order valence-electron chi connectivity index (χ0n) is 9.48. The third-order valence-electron chi connectivity index (χ3n) is 2.36. The lowest BCUT2D eigenvalue weighted by molar-refractivity contribution is -0.120. The number of alkyl halides is 1. The number of carbonyl (C=O) groups excluding carboxylic acids is 1. The number of amides is 1. The van der Waals surface area contributed by atoms with Crippen LogP contribution in [0.15, 0.2) is 0 Å². The molecule has 0 spiro atoms. The highest BCUT2D eigenvalue weighted by Crippen LogP contribution is 2.07. The van der Waals surface area contributed by atoms with Crippen LogP contribution in [-0.4, -0.2) is 16.8 Å². The molecule has 0 bridgehead atoms. The maximum absolute atomic E-state index is 11.4. The van der Waals surface area contributed by atoms with E-state index in [9.17, 15) is 4.79 Å². The van der Waals surface area contributed by atoms with Crippen LogP contribution in [0.2, 0.25) is 0 Å². The fourth-order valence-corrected chi connectivity index (χ4v) is 1.47. The molecular formula is C11H22BrNO. The van der Waals surface area contributed by atoms with E-state index < -0.39 is 0 Å². The highest BCUT2D eigenvalue weighted by atomic mass is 79.9. The Kier molecular flexibility index (Phi) is 8.24. The van der Waals surface area contributed by atoms with E-state index in [-0.39, 0.29) is 10.7 Å². The minimum absolute atomic E-state index is 0.0808. The van der Waals surface area contributed by atoms with Crippen molar-refractivity contribution >= 4 is 21.8 Å². The van der Waals surface area contributed by atoms with Gasteiger partial charge in [-0.05, 0) is 19.8 Å². The molecule has 1 N–H and O–H groups in total. The van der Waals surface area contributed by atoms with Crippen molar-refractivity contribution in [1.82, 2.24) is 5.32 Å². The average molecular weight is 264 g/mol. The Balaban J connectivity index is 3.73. The molecule has 3 heteroatoms. The van der Waals surface area contributed by atoms with Crippen molar-refractivity contribution in [3.05, 3.63) is 0 Å². The molecule has 0 saturated heterocycles. The van der Waals surface area contributed by atoms with Gasteiger partial charge < -0.3 is 5.32 Å². The van der Waals surface area contributed by atoms with E-state index in [1.165, 1.54) is 19.3 Å². The third kappa shape index (κ3) is 6.41. The molecule has 0 aromatic carbocycles. The van der Waals surface area contributed by atoms with Gasteiger partial charge in [0.1, 0.15) is 0 Å². The first-order valence-electron chi connectivity index (χ1n) is 5.56. The van der Waals surface area contributed by atoms with Gasteiger partial charge in [0.2, 0.25) is 5.91 Å². The molecule has 14 heavy (non-hydrogen) atoms. The molecule has 0 fully saturated rings. The van der Waals surface area contributed by atoms with E-state index in [1.807, 2.05) is 6.92 Å². The van der Waals surface area contributed by atoms with Crippen LogP contribution in [0.1, 0.15) is 52.9 Å². The second-order valence-electron chi connectivity index (χ2n) is 3.73. The number of hydrogen-bond acceptors (Lipinski definition) is 1. The molecule has 0 saturated carbocycles. The molecule has 2 nitrogen and oxygen atoms in total. The van der Waals surface area contributed by atoms with E-state index in [0.29, 0.717) is 6.04 Å².